The lowest BCUT2D eigenvalue weighted by Gasteiger charge is -2.31. The maximum Gasteiger partial charge on any atom is 0.335 e. The van der Waals surface area contributed by atoms with Crippen molar-refractivity contribution in [2.45, 2.75) is 63.8 Å². The van der Waals surface area contributed by atoms with Crippen molar-refractivity contribution < 1.29 is 14.7 Å². The van der Waals surface area contributed by atoms with E-state index in [1.807, 2.05) is 29.2 Å². The Morgan fingerprint density at radius 1 is 0.892 bits per heavy atom. The zero-order chi connectivity index (χ0) is 25.5. The first-order valence-corrected chi connectivity index (χ1v) is 14.1. The predicted octanol–water partition coefficient (Wildman–Crippen LogP) is 6.54. The molecule has 0 spiro atoms. The lowest BCUT2D eigenvalue weighted by atomic mass is 9.81. The number of halogens is 1. The minimum atomic E-state index is -0.911. The molecule has 7 heteroatoms. The van der Waals surface area contributed by atoms with Crippen molar-refractivity contribution >= 4 is 40.1 Å². The highest BCUT2D eigenvalue weighted by molar-refractivity contribution is 6.31. The van der Waals surface area contributed by atoms with Gasteiger partial charge in [-0.25, -0.2) is 4.79 Å². The van der Waals surface area contributed by atoms with E-state index in [0.717, 1.165) is 60.9 Å². The zero-order valence-electron chi connectivity index (χ0n) is 21.2. The molecule has 0 unspecified atom stereocenters. The number of nitrogens with zero attached hydrogens (tertiary/aromatic N) is 3. The molecular formula is C30H34ClN3O3. The molecule has 3 heterocycles. The van der Waals surface area contributed by atoms with Crippen molar-refractivity contribution in [1.29, 1.82) is 0 Å². The van der Waals surface area contributed by atoms with Crippen LogP contribution in [0.1, 0.15) is 73.2 Å². The van der Waals surface area contributed by atoms with Crippen LogP contribution in [0.5, 0.6) is 0 Å². The Labute approximate surface area is 222 Å². The number of benzene rings is 2. The fraction of sp³-hybridized carbons (Fsp3) is 0.467. The lowest BCUT2D eigenvalue weighted by Crippen LogP contribution is -2.43. The molecule has 1 amide bonds. The molecule has 1 aromatic heterocycles. The molecule has 1 saturated heterocycles. The number of piperidine rings is 1. The summed E-state index contributed by atoms with van der Waals surface area (Å²) in [5.74, 6) is -0.304. The third kappa shape index (κ3) is 4.50. The highest BCUT2D eigenvalue weighted by Gasteiger charge is 2.32. The maximum absolute atomic E-state index is 13.3. The molecule has 6 nitrogen and oxygen atoms in total. The van der Waals surface area contributed by atoms with E-state index in [9.17, 15) is 14.7 Å². The minimum absolute atomic E-state index is 0.169. The maximum atomic E-state index is 13.3. The first kappa shape index (κ1) is 24.4. The Bertz CT molecular complexity index is 1350. The van der Waals surface area contributed by atoms with Gasteiger partial charge >= 0.3 is 5.97 Å². The number of carbonyl (C=O) groups is 2. The van der Waals surface area contributed by atoms with Gasteiger partial charge in [-0.1, -0.05) is 36.9 Å². The minimum Gasteiger partial charge on any atom is -0.478 e. The number of carbonyl (C=O) groups excluding carboxylic acids is 1. The van der Waals surface area contributed by atoms with Gasteiger partial charge in [-0.15, -0.1) is 0 Å². The molecule has 3 aromatic rings. The van der Waals surface area contributed by atoms with Crippen LogP contribution < -0.4 is 4.90 Å². The molecule has 1 aliphatic carbocycles. The molecule has 0 radical (unpaired) electrons. The molecule has 1 saturated carbocycles. The summed E-state index contributed by atoms with van der Waals surface area (Å²) in [5.41, 5.74) is 5.86. The Morgan fingerprint density at radius 2 is 1.65 bits per heavy atom. The molecule has 2 fully saturated rings. The summed E-state index contributed by atoms with van der Waals surface area (Å²) in [6, 6.07) is 11.6. The van der Waals surface area contributed by atoms with Crippen LogP contribution in [0.3, 0.4) is 0 Å². The average Bonchev–Trinajstić information content (AvgIpc) is 3.16. The largest absolute Gasteiger partial charge is 0.478 e. The third-order valence-corrected chi connectivity index (χ3v) is 8.78. The first-order chi connectivity index (χ1) is 18.0. The Hall–Kier alpha value is -2.99. The van der Waals surface area contributed by atoms with Crippen molar-refractivity contribution in [3.63, 3.8) is 0 Å². The van der Waals surface area contributed by atoms with E-state index >= 15 is 0 Å². The van der Waals surface area contributed by atoms with E-state index in [4.69, 9.17) is 11.6 Å². The molecule has 1 N–H and O–H groups in total. The van der Waals surface area contributed by atoms with Crippen molar-refractivity contribution in [3.8, 4) is 11.3 Å². The summed E-state index contributed by atoms with van der Waals surface area (Å²) >= 11 is 6.54. The van der Waals surface area contributed by atoms with E-state index in [0.29, 0.717) is 36.1 Å². The molecule has 0 atom stereocenters. The monoisotopic (exact) mass is 519 g/mol. The molecule has 3 aliphatic rings. The third-order valence-electron chi connectivity index (χ3n) is 8.55. The van der Waals surface area contributed by atoms with Crippen LogP contribution in [0, 0.1) is 0 Å². The number of fused-ring (bicyclic) bond motifs is 5. The topological polar surface area (TPSA) is 65.8 Å². The highest BCUT2D eigenvalue weighted by Crippen LogP contribution is 2.47. The number of aromatic carboxylic acids is 1. The Kier molecular flexibility index (Phi) is 6.62. The smallest absolute Gasteiger partial charge is 0.335 e. The first-order valence-electron chi connectivity index (χ1n) is 13.7. The van der Waals surface area contributed by atoms with E-state index in [1.165, 1.54) is 36.9 Å². The van der Waals surface area contributed by atoms with Crippen LogP contribution in [-0.2, 0) is 11.3 Å². The van der Waals surface area contributed by atoms with Crippen molar-refractivity contribution in [2.75, 3.05) is 31.1 Å². The summed E-state index contributed by atoms with van der Waals surface area (Å²) in [7, 11) is 0. The lowest BCUT2D eigenvalue weighted by molar-refractivity contribution is -0.130. The molecular weight excluding hydrogens is 486 g/mol. The van der Waals surface area contributed by atoms with Crippen molar-refractivity contribution in [3.05, 3.63) is 52.5 Å². The molecule has 194 valence electrons. The fourth-order valence-electron chi connectivity index (χ4n) is 6.72. The SMILES string of the molecule is O=C(O)c1ccc2c(C3CCCCC3)c3n(c2c1)CCN(CC(=O)N1CCCCC1)c1cc(Cl)ccc1-3. The summed E-state index contributed by atoms with van der Waals surface area (Å²) in [4.78, 5) is 29.4. The summed E-state index contributed by atoms with van der Waals surface area (Å²) in [5, 5.41) is 11.6. The molecule has 37 heavy (non-hydrogen) atoms. The molecule has 2 aliphatic heterocycles. The van der Waals surface area contributed by atoms with Gasteiger partial charge in [0.05, 0.1) is 17.8 Å². The predicted molar refractivity (Wildman–Crippen MR) is 148 cm³/mol. The van der Waals surface area contributed by atoms with Crippen LogP contribution >= 0.6 is 11.6 Å². The van der Waals surface area contributed by atoms with Gasteiger partial charge in [-0.2, -0.15) is 0 Å². The number of amides is 1. The number of rotatable bonds is 4. The molecule has 0 bridgehead atoms. The van der Waals surface area contributed by atoms with Gasteiger partial charge in [-0.05, 0) is 73.9 Å². The number of likely N-dealkylation sites (tertiary alicyclic amines) is 1. The zero-order valence-corrected chi connectivity index (χ0v) is 22.0. The van der Waals surface area contributed by atoms with Crippen LogP contribution in [0.2, 0.25) is 5.02 Å². The summed E-state index contributed by atoms with van der Waals surface area (Å²) in [6.07, 6.45) is 9.33. The number of hydrogen-bond acceptors (Lipinski definition) is 3. The molecule has 6 rings (SSSR count). The van der Waals surface area contributed by atoms with Gasteiger partial charge in [0.25, 0.3) is 0 Å². The Morgan fingerprint density at radius 3 is 2.41 bits per heavy atom. The van der Waals surface area contributed by atoms with Gasteiger partial charge in [-0.3, -0.25) is 4.79 Å². The number of carboxylic acids is 1. The second-order valence-electron chi connectivity index (χ2n) is 10.8. The number of carboxylic acid groups (broad SMARTS) is 1. The summed E-state index contributed by atoms with van der Waals surface area (Å²) in [6.45, 7) is 3.34. The summed E-state index contributed by atoms with van der Waals surface area (Å²) < 4.78 is 2.31. The van der Waals surface area contributed by atoms with Gasteiger partial charge in [0.15, 0.2) is 0 Å². The highest BCUT2D eigenvalue weighted by atomic mass is 35.5. The number of aromatic nitrogens is 1. The molecule has 2 aromatic carbocycles. The number of hydrogen-bond donors (Lipinski definition) is 1. The van der Waals surface area contributed by atoms with Gasteiger partial charge in [0.1, 0.15) is 0 Å². The average molecular weight is 520 g/mol. The van der Waals surface area contributed by atoms with Crippen LogP contribution in [0.25, 0.3) is 22.2 Å². The van der Waals surface area contributed by atoms with Crippen LogP contribution in [-0.4, -0.2) is 52.6 Å². The van der Waals surface area contributed by atoms with Crippen molar-refractivity contribution in [2.24, 2.45) is 0 Å². The fourth-order valence-corrected chi connectivity index (χ4v) is 6.88. The second-order valence-corrected chi connectivity index (χ2v) is 11.2. The van der Waals surface area contributed by atoms with E-state index < -0.39 is 5.97 Å². The van der Waals surface area contributed by atoms with Gasteiger partial charge in [0, 0.05) is 53.4 Å². The quantitative estimate of drug-likeness (QED) is 0.425. The standard InChI is InChI=1S/C30H34ClN3O3/c31-22-10-12-24-25(18-22)33(19-27(35)32-13-5-2-6-14-32)15-16-34-26-17-21(30(36)37)9-11-23(26)28(29(24)34)20-7-3-1-4-8-20/h9-12,17-18,20H,1-8,13-16,19H2,(H,36,37). The van der Waals surface area contributed by atoms with Crippen LogP contribution in [0.4, 0.5) is 5.69 Å². The normalized spacial score (nSPS) is 18.4. The Balaban J connectivity index is 1.50. The van der Waals surface area contributed by atoms with Crippen molar-refractivity contribution in [1.82, 2.24) is 9.47 Å². The van der Waals surface area contributed by atoms with Gasteiger partial charge in [0.2, 0.25) is 5.91 Å². The van der Waals surface area contributed by atoms with E-state index in [-0.39, 0.29) is 5.91 Å². The van der Waals surface area contributed by atoms with E-state index in [1.54, 1.807) is 6.07 Å². The number of anilines is 1. The van der Waals surface area contributed by atoms with Gasteiger partial charge < -0.3 is 19.5 Å². The second kappa shape index (κ2) is 10.1. The van der Waals surface area contributed by atoms with E-state index in [2.05, 4.69) is 15.5 Å². The van der Waals surface area contributed by atoms with Crippen LogP contribution in [0.15, 0.2) is 36.4 Å².